The summed E-state index contributed by atoms with van der Waals surface area (Å²) in [7, 11) is 0. The fourth-order valence-corrected chi connectivity index (χ4v) is 0.0609. The van der Waals surface area contributed by atoms with Crippen molar-refractivity contribution in [2.24, 2.45) is 10.9 Å². The second kappa shape index (κ2) is 3.83. The van der Waals surface area contributed by atoms with Crippen molar-refractivity contribution in [2.75, 3.05) is 0 Å². The van der Waals surface area contributed by atoms with E-state index in [-0.39, 0.29) is 0 Å². The van der Waals surface area contributed by atoms with Crippen LogP contribution in [0.15, 0.2) is 5.16 Å². The summed E-state index contributed by atoms with van der Waals surface area (Å²) in [6.45, 7) is 0. The molecule has 6 heavy (non-hydrogen) atoms. The van der Waals surface area contributed by atoms with Gasteiger partial charge in [0.15, 0.2) is 0 Å². The van der Waals surface area contributed by atoms with Gasteiger partial charge in [-0.15, -0.1) is 0 Å². The van der Waals surface area contributed by atoms with Gasteiger partial charge in [-0.2, -0.15) is 0 Å². The lowest BCUT2D eigenvalue weighted by Crippen LogP contribution is -1.87. The molecule has 0 aromatic carbocycles. The highest BCUT2D eigenvalue weighted by Crippen LogP contribution is 1.59. The van der Waals surface area contributed by atoms with E-state index in [1.54, 1.807) is 6.11 Å². The highest BCUT2D eigenvalue weighted by Gasteiger charge is 1.53. The van der Waals surface area contributed by atoms with Gasteiger partial charge in [-0.05, 0) is 0 Å². The topological polar surface area (TPSA) is 47.6 Å². The largest absolute Gasteiger partial charge is 0.387 e. The molecule has 0 saturated carbocycles. The van der Waals surface area contributed by atoms with E-state index in [1.165, 1.54) is 0 Å². The van der Waals surface area contributed by atoms with Gasteiger partial charge in [0.1, 0.15) is 12.4 Å². The summed E-state index contributed by atoms with van der Waals surface area (Å²) in [6.07, 6.45) is 7.34. The number of nitrogens with zero attached hydrogens (tertiary/aromatic N) is 1. The zero-order chi connectivity index (χ0) is 4.83. The van der Waals surface area contributed by atoms with Crippen molar-refractivity contribution in [2.45, 2.75) is 0 Å². The van der Waals surface area contributed by atoms with E-state index in [4.69, 9.17) is 5.73 Å². The molecule has 3 nitrogen and oxygen atoms in total. The molecule has 0 bridgehead atoms. The molecule has 0 unspecified atom stereocenters. The average Bonchev–Trinajstić information content (AvgIpc) is 1.61. The maximum Gasteiger partial charge on any atom is 0.145 e. The molecule has 0 amide bonds. The molecule has 0 aliphatic rings. The summed E-state index contributed by atoms with van der Waals surface area (Å²) < 4.78 is 0. The number of nitrogens with two attached hydrogens (primary N) is 1. The first-order chi connectivity index (χ1) is 2.91. The fourth-order valence-electron chi connectivity index (χ4n) is 0.0609. The lowest BCUT2D eigenvalue weighted by molar-refractivity contribution is 0.301. The molecule has 0 rings (SSSR count). The molecule has 0 fully saturated rings. The monoisotopic (exact) mass is 84.0 g/mol. The van der Waals surface area contributed by atoms with Crippen molar-refractivity contribution < 1.29 is 4.84 Å². The second-order valence-corrected chi connectivity index (χ2v) is 0.464. The molecule has 32 valence electrons. The molecule has 0 aromatic heterocycles. The summed E-state index contributed by atoms with van der Waals surface area (Å²) in [5.41, 5.74) is 4.70. The van der Waals surface area contributed by atoms with Gasteiger partial charge in [-0.3, -0.25) is 0 Å². The smallest absolute Gasteiger partial charge is 0.145 e. The highest BCUT2D eigenvalue weighted by molar-refractivity contribution is 5.50. The Morgan fingerprint density at radius 3 is 2.83 bits per heavy atom. The SMILES string of the molecule is C#CO/N=C\N. The molecule has 0 spiro atoms. The third kappa shape index (κ3) is 2.83. The summed E-state index contributed by atoms with van der Waals surface area (Å²) in [4.78, 5) is 3.95. The van der Waals surface area contributed by atoms with E-state index in [0.717, 1.165) is 6.34 Å². The van der Waals surface area contributed by atoms with Crippen LogP contribution in [-0.4, -0.2) is 6.34 Å². The molecular formula is C3H4N2O. The van der Waals surface area contributed by atoms with Crippen molar-refractivity contribution >= 4 is 6.34 Å². The van der Waals surface area contributed by atoms with Crippen LogP contribution in [0, 0.1) is 12.5 Å². The van der Waals surface area contributed by atoms with E-state index in [0.29, 0.717) is 0 Å². The first kappa shape index (κ1) is 4.83. The number of hydrogen-bond acceptors (Lipinski definition) is 2. The van der Waals surface area contributed by atoms with Crippen LogP contribution in [0.25, 0.3) is 0 Å². The molecule has 2 N–H and O–H groups in total. The third-order valence-corrected chi connectivity index (χ3v) is 0.166. The van der Waals surface area contributed by atoms with Crippen molar-refractivity contribution in [3.8, 4) is 12.5 Å². The minimum absolute atomic E-state index is 0.972. The number of rotatable bonds is 1. The highest BCUT2D eigenvalue weighted by atomic mass is 16.6. The molecule has 0 atom stereocenters. The lowest BCUT2D eigenvalue weighted by Gasteiger charge is -1.72. The van der Waals surface area contributed by atoms with E-state index in [9.17, 15) is 0 Å². The fraction of sp³-hybridized carbons (Fsp3) is 0. The van der Waals surface area contributed by atoms with Gasteiger partial charge < -0.3 is 10.6 Å². The average molecular weight is 84.1 g/mol. The van der Waals surface area contributed by atoms with Crippen LogP contribution in [0.3, 0.4) is 0 Å². The Labute approximate surface area is 35.8 Å². The molecular weight excluding hydrogens is 80.0 g/mol. The number of oxime groups is 1. The molecule has 0 heterocycles. The quantitative estimate of drug-likeness (QED) is 0.201. The first-order valence-electron chi connectivity index (χ1n) is 1.27. The zero-order valence-corrected chi connectivity index (χ0v) is 3.09. The van der Waals surface area contributed by atoms with Crippen molar-refractivity contribution in [3.05, 3.63) is 0 Å². The minimum atomic E-state index is 0.972. The van der Waals surface area contributed by atoms with Gasteiger partial charge >= 0.3 is 0 Å². The van der Waals surface area contributed by atoms with Gasteiger partial charge in [-0.25, -0.2) is 0 Å². The Morgan fingerprint density at radius 1 is 2.00 bits per heavy atom. The summed E-state index contributed by atoms with van der Waals surface area (Å²) in [6, 6.07) is 0. The maximum absolute atomic E-state index is 4.70. The van der Waals surface area contributed by atoms with E-state index >= 15 is 0 Å². The van der Waals surface area contributed by atoms with Gasteiger partial charge in [-0.1, -0.05) is 11.6 Å². The van der Waals surface area contributed by atoms with Crippen molar-refractivity contribution in [3.63, 3.8) is 0 Å². The number of terminal acetylenes is 1. The molecule has 0 aliphatic heterocycles. The standard InChI is InChI=1S/C3H4N2O/c1-2-6-5-3-4/h1,3H,(H2,4,5). The Balaban J connectivity index is 2.92. The Bertz CT molecular complexity index is 81.3. The Kier molecular flexibility index (Phi) is 3.08. The van der Waals surface area contributed by atoms with E-state index in [1.807, 2.05) is 0 Å². The minimum Gasteiger partial charge on any atom is -0.387 e. The van der Waals surface area contributed by atoms with Crippen LogP contribution in [-0.2, 0) is 4.84 Å². The summed E-state index contributed by atoms with van der Waals surface area (Å²) in [5, 5.41) is 3.01. The van der Waals surface area contributed by atoms with Crippen LogP contribution in [0.2, 0.25) is 0 Å². The second-order valence-electron chi connectivity index (χ2n) is 0.464. The van der Waals surface area contributed by atoms with E-state index < -0.39 is 0 Å². The van der Waals surface area contributed by atoms with E-state index in [2.05, 4.69) is 16.4 Å². The van der Waals surface area contributed by atoms with Crippen LogP contribution in [0.4, 0.5) is 0 Å². The van der Waals surface area contributed by atoms with Crippen LogP contribution < -0.4 is 5.73 Å². The van der Waals surface area contributed by atoms with Crippen LogP contribution >= 0.6 is 0 Å². The van der Waals surface area contributed by atoms with Gasteiger partial charge in [0.05, 0.1) is 0 Å². The van der Waals surface area contributed by atoms with Gasteiger partial charge in [0, 0.05) is 0 Å². The summed E-state index contributed by atoms with van der Waals surface area (Å²) >= 11 is 0. The predicted molar refractivity (Wildman–Crippen MR) is 22.6 cm³/mol. The van der Waals surface area contributed by atoms with Crippen LogP contribution in [0.1, 0.15) is 0 Å². The van der Waals surface area contributed by atoms with Gasteiger partial charge in [0.2, 0.25) is 0 Å². The molecule has 0 aliphatic carbocycles. The van der Waals surface area contributed by atoms with Crippen molar-refractivity contribution in [1.29, 1.82) is 0 Å². The zero-order valence-electron chi connectivity index (χ0n) is 3.09. The maximum atomic E-state index is 4.70. The Morgan fingerprint density at radius 2 is 2.67 bits per heavy atom. The molecule has 0 aromatic rings. The van der Waals surface area contributed by atoms with Crippen LogP contribution in [0.5, 0.6) is 0 Å². The number of hydrogen-bond donors (Lipinski definition) is 1. The summed E-state index contributed by atoms with van der Waals surface area (Å²) in [5.74, 6) is 0. The molecule has 0 radical (unpaired) electrons. The van der Waals surface area contributed by atoms with Crippen molar-refractivity contribution in [1.82, 2.24) is 0 Å². The molecule has 3 heteroatoms. The lowest BCUT2D eigenvalue weighted by atomic mass is 11.3. The molecule has 0 saturated heterocycles. The Hall–Kier alpha value is -1.17. The predicted octanol–water partition coefficient (Wildman–Crippen LogP) is -0.504. The first-order valence-corrected chi connectivity index (χ1v) is 1.27. The normalized spacial score (nSPS) is 7.83. The van der Waals surface area contributed by atoms with Gasteiger partial charge in [0.25, 0.3) is 0 Å². The third-order valence-electron chi connectivity index (χ3n) is 0.166.